The summed E-state index contributed by atoms with van der Waals surface area (Å²) < 4.78 is 29.7. The van der Waals surface area contributed by atoms with Crippen LogP contribution in [0.2, 0.25) is 0 Å². The fourth-order valence-corrected chi connectivity index (χ4v) is 3.41. The molecule has 0 radical (unpaired) electrons. The Labute approximate surface area is 186 Å². The molecule has 1 aliphatic rings. The van der Waals surface area contributed by atoms with Crippen molar-refractivity contribution in [3.8, 4) is 0 Å². The van der Waals surface area contributed by atoms with Gasteiger partial charge in [0.05, 0.1) is 32.3 Å². The lowest BCUT2D eigenvalue weighted by Gasteiger charge is -2.12. The number of anilines is 1. The third-order valence-corrected chi connectivity index (χ3v) is 5.19. The number of thioether (sulfide) groups is 1. The fourth-order valence-electron chi connectivity index (χ4n) is 2.56. The van der Waals surface area contributed by atoms with Crippen molar-refractivity contribution in [2.75, 3.05) is 30.7 Å². The SMILES string of the molecule is CCCCCCCCOC(=O)Nc1nc(=O)n(C[C@@H]2CSCO2)cc1F.COC(C)=O. The summed E-state index contributed by atoms with van der Waals surface area (Å²) >= 11 is 1.61. The van der Waals surface area contributed by atoms with Gasteiger partial charge in [-0.1, -0.05) is 39.0 Å². The Morgan fingerprint density at radius 1 is 1.32 bits per heavy atom. The zero-order valence-corrected chi connectivity index (χ0v) is 19.2. The molecule has 1 saturated heterocycles. The number of hydrogen-bond donors (Lipinski definition) is 1. The van der Waals surface area contributed by atoms with Crippen LogP contribution in [0.5, 0.6) is 0 Å². The summed E-state index contributed by atoms with van der Waals surface area (Å²) in [5.41, 5.74) is -0.641. The predicted molar refractivity (Wildman–Crippen MR) is 117 cm³/mol. The van der Waals surface area contributed by atoms with E-state index in [0.717, 1.165) is 35.8 Å². The number of nitrogens with one attached hydrogen (secondary N) is 1. The van der Waals surface area contributed by atoms with Crippen molar-refractivity contribution < 1.29 is 28.2 Å². The van der Waals surface area contributed by atoms with Gasteiger partial charge < -0.3 is 14.2 Å². The van der Waals surface area contributed by atoms with Crippen molar-refractivity contribution >= 4 is 29.6 Å². The lowest BCUT2D eigenvalue weighted by atomic mass is 10.1. The van der Waals surface area contributed by atoms with Crippen molar-refractivity contribution in [3.63, 3.8) is 0 Å². The molecule has 1 amide bonds. The molecule has 1 N–H and O–H groups in total. The first-order valence-electron chi connectivity index (χ1n) is 10.3. The molecule has 9 nitrogen and oxygen atoms in total. The summed E-state index contributed by atoms with van der Waals surface area (Å²) in [7, 11) is 1.35. The minimum Gasteiger partial charge on any atom is -0.469 e. The van der Waals surface area contributed by atoms with Crippen LogP contribution in [0.3, 0.4) is 0 Å². The highest BCUT2D eigenvalue weighted by Crippen LogP contribution is 2.17. The van der Waals surface area contributed by atoms with E-state index in [1.807, 2.05) is 0 Å². The number of aromatic nitrogens is 2. The number of unbranched alkanes of at least 4 members (excludes halogenated alkanes) is 5. The molecule has 0 unspecified atom stereocenters. The molecule has 1 aromatic rings. The molecule has 0 bridgehead atoms. The van der Waals surface area contributed by atoms with Gasteiger partial charge in [-0.2, -0.15) is 4.98 Å². The molecule has 0 aliphatic carbocycles. The molecule has 0 spiro atoms. The lowest BCUT2D eigenvalue weighted by Crippen LogP contribution is -2.31. The van der Waals surface area contributed by atoms with E-state index in [2.05, 4.69) is 22.0 Å². The number of hydrogen-bond acceptors (Lipinski definition) is 8. The monoisotopic (exact) mass is 461 g/mol. The Bertz CT molecular complexity index is 740. The zero-order valence-electron chi connectivity index (χ0n) is 18.4. The first kappa shape index (κ1) is 26.9. The van der Waals surface area contributed by atoms with E-state index in [9.17, 15) is 18.8 Å². The van der Waals surface area contributed by atoms with E-state index in [0.29, 0.717) is 5.94 Å². The Morgan fingerprint density at radius 2 is 2.00 bits per heavy atom. The van der Waals surface area contributed by atoms with Crippen LogP contribution in [0.4, 0.5) is 15.0 Å². The summed E-state index contributed by atoms with van der Waals surface area (Å²) in [5.74, 6) is -0.129. The Hall–Kier alpha value is -2.14. The highest BCUT2D eigenvalue weighted by atomic mass is 32.2. The second-order valence-electron chi connectivity index (χ2n) is 6.87. The zero-order chi connectivity index (χ0) is 23.1. The van der Waals surface area contributed by atoms with Gasteiger partial charge in [0.2, 0.25) is 0 Å². The molecular weight excluding hydrogens is 429 g/mol. The Morgan fingerprint density at radius 3 is 2.61 bits per heavy atom. The maximum Gasteiger partial charge on any atom is 0.412 e. The first-order chi connectivity index (χ1) is 14.9. The van der Waals surface area contributed by atoms with Gasteiger partial charge in [-0.25, -0.2) is 14.0 Å². The molecule has 176 valence electrons. The van der Waals surface area contributed by atoms with Crippen LogP contribution >= 0.6 is 11.8 Å². The molecule has 2 rings (SSSR count). The largest absolute Gasteiger partial charge is 0.469 e. The number of rotatable bonds is 10. The quantitative estimate of drug-likeness (QED) is 0.416. The van der Waals surface area contributed by atoms with Gasteiger partial charge >= 0.3 is 17.8 Å². The van der Waals surface area contributed by atoms with Gasteiger partial charge in [0.1, 0.15) is 0 Å². The summed E-state index contributed by atoms with van der Waals surface area (Å²) in [6, 6.07) is 0. The van der Waals surface area contributed by atoms with Crippen molar-refractivity contribution in [2.24, 2.45) is 0 Å². The molecular formula is C20H32FN3O6S. The van der Waals surface area contributed by atoms with Gasteiger partial charge in [0, 0.05) is 18.9 Å². The maximum atomic E-state index is 14.1. The summed E-state index contributed by atoms with van der Waals surface area (Å²) in [4.78, 5) is 36.9. The van der Waals surface area contributed by atoms with Gasteiger partial charge in [0.15, 0.2) is 11.6 Å². The standard InChI is InChI=1S/C17H26FN3O4S.C3H6O2/c1-2-3-4-5-6-7-8-24-17(23)20-15-14(18)10-21(16(22)19-15)9-13-11-26-12-25-13;1-3(4)5-2/h10,13H,2-9,11-12H2,1H3,(H,19,20,22,23);1-2H3/t13-;/m1./s1. The maximum absolute atomic E-state index is 14.1. The highest BCUT2D eigenvalue weighted by molar-refractivity contribution is 7.99. The van der Waals surface area contributed by atoms with E-state index in [1.165, 1.54) is 33.3 Å². The van der Waals surface area contributed by atoms with Crippen LogP contribution in [0.15, 0.2) is 11.0 Å². The van der Waals surface area contributed by atoms with Gasteiger partial charge in [-0.05, 0) is 6.42 Å². The molecule has 1 atom stereocenters. The van der Waals surface area contributed by atoms with Crippen LogP contribution in [-0.2, 0) is 25.5 Å². The average molecular weight is 462 g/mol. The van der Waals surface area contributed by atoms with E-state index in [4.69, 9.17) is 9.47 Å². The number of halogens is 1. The second-order valence-corrected chi connectivity index (χ2v) is 7.85. The molecule has 31 heavy (non-hydrogen) atoms. The smallest absolute Gasteiger partial charge is 0.412 e. The summed E-state index contributed by atoms with van der Waals surface area (Å²) in [6.07, 6.45) is 6.51. The van der Waals surface area contributed by atoms with Gasteiger partial charge in [-0.15, -0.1) is 11.8 Å². The number of methoxy groups -OCH3 is 1. The molecule has 0 saturated carbocycles. The molecule has 1 aromatic heterocycles. The normalized spacial score (nSPS) is 15.0. The van der Waals surface area contributed by atoms with Crippen LogP contribution in [0, 0.1) is 5.82 Å². The third-order valence-electron chi connectivity index (χ3n) is 4.28. The van der Waals surface area contributed by atoms with Crippen LogP contribution < -0.4 is 11.0 Å². The number of carbonyl (C=O) groups is 2. The minimum atomic E-state index is -0.808. The molecule has 11 heteroatoms. The Balaban J connectivity index is 0.000000861. The number of esters is 1. The number of carbonyl (C=O) groups excluding carboxylic acids is 2. The number of nitrogens with zero attached hydrogens (tertiary/aromatic N) is 2. The molecule has 1 fully saturated rings. The van der Waals surface area contributed by atoms with Crippen molar-refractivity contribution in [1.82, 2.24) is 9.55 Å². The topological polar surface area (TPSA) is 109 Å². The van der Waals surface area contributed by atoms with Crippen molar-refractivity contribution in [3.05, 3.63) is 22.5 Å². The first-order valence-corrected chi connectivity index (χ1v) is 11.5. The second kappa shape index (κ2) is 15.6. The predicted octanol–water partition coefficient (Wildman–Crippen LogP) is 3.56. The molecule has 2 heterocycles. The van der Waals surface area contributed by atoms with Gasteiger partial charge in [-0.3, -0.25) is 14.7 Å². The van der Waals surface area contributed by atoms with Crippen molar-refractivity contribution in [2.45, 2.75) is 65.0 Å². The van der Waals surface area contributed by atoms with Crippen LogP contribution in [-0.4, -0.2) is 53.1 Å². The summed E-state index contributed by atoms with van der Waals surface area (Å²) in [5, 5.41) is 2.19. The van der Waals surface area contributed by atoms with E-state index >= 15 is 0 Å². The fraction of sp³-hybridized carbons (Fsp3) is 0.700. The minimum absolute atomic E-state index is 0.139. The van der Waals surface area contributed by atoms with Crippen LogP contribution in [0.25, 0.3) is 0 Å². The van der Waals surface area contributed by atoms with E-state index < -0.39 is 23.4 Å². The van der Waals surface area contributed by atoms with Gasteiger partial charge in [0.25, 0.3) is 0 Å². The third kappa shape index (κ3) is 11.7. The highest BCUT2D eigenvalue weighted by Gasteiger charge is 2.19. The summed E-state index contributed by atoms with van der Waals surface area (Å²) in [6.45, 7) is 4.01. The Kier molecular flexibility index (Phi) is 13.6. The average Bonchev–Trinajstić information content (AvgIpc) is 3.24. The van der Waals surface area contributed by atoms with Crippen molar-refractivity contribution in [1.29, 1.82) is 0 Å². The lowest BCUT2D eigenvalue weighted by molar-refractivity contribution is -0.137. The van der Waals surface area contributed by atoms with Crippen LogP contribution in [0.1, 0.15) is 52.4 Å². The van der Waals surface area contributed by atoms with E-state index in [1.54, 1.807) is 11.8 Å². The number of amides is 1. The molecule has 1 aliphatic heterocycles. The van der Waals surface area contributed by atoms with E-state index in [-0.39, 0.29) is 25.2 Å². The molecule has 0 aromatic carbocycles. The number of ether oxygens (including phenoxy) is 3.